The largest absolute Gasteiger partial charge is 0.490 e. The van der Waals surface area contributed by atoms with Crippen LogP contribution in [0, 0.1) is 6.07 Å². The Kier molecular flexibility index (Phi) is 3.44. The van der Waals surface area contributed by atoms with Crippen LogP contribution in [0.3, 0.4) is 0 Å². The van der Waals surface area contributed by atoms with Crippen LogP contribution in [-0.4, -0.2) is 6.61 Å². The lowest BCUT2D eigenvalue weighted by molar-refractivity contribution is 0.321. The van der Waals surface area contributed by atoms with E-state index in [2.05, 4.69) is 6.07 Å². The second kappa shape index (κ2) is 5.21. The lowest BCUT2D eigenvalue weighted by atomic mass is 10.3. The van der Waals surface area contributed by atoms with Gasteiger partial charge in [-0.25, -0.2) is 0 Å². The molecular weight excluding hydrogens is 200 g/mol. The highest BCUT2D eigenvalue weighted by molar-refractivity contribution is 5.42. The van der Waals surface area contributed by atoms with Crippen molar-refractivity contribution in [1.82, 2.24) is 0 Å². The van der Waals surface area contributed by atoms with E-state index in [4.69, 9.17) is 9.47 Å². The Morgan fingerprint density at radius 2 is 1.88 bits per heavy atom. The van der Waals surface area contributed by atoms with Gasteiger partial charge in [-0.3, -0.25) is 0 Å². The van der Waals surface area contributed by atoms with Gasteiger partial charge in [0.15, 0.2) is 11.5 Å². The Labute approximate surface area is 95.4 Å². The first-order chi connectivity index (χ1) is 7.90. The first kappa shape index (κ1) is 10.6. The normalized spacial score (nSPS) is 9.81. The second-order valence-corrected chi connectivity index (χ2v) is 3.22. The lowest BCUT2D eigenvalue weighted by Gasteiger charge is -2.10. The van der Waals surface area contributed by atoms with E-state index in [1.807, 2.05) is 49.4 Å². The van der Waals surface area contributed by atoms with E-state index in [1.54, 1.807) is 6.07 Å². The standard InChI is InChI=1S/C14H13O2/c1-2-15-13-10-6-7-11-14(13)16-12-8-4-3-5-9-12/h3-4,6-11H,2H2,1H3. The van der Waals surface area contributed by atoms with Gasteiger partial charge < -0.3 is 9.47 Å². The molecule has 0 aliphatic heterocycles. The highest BCUT2D eigenvalue weighted by Gasteiger charge is 2.03. The van der Waals surface area contributed by atoms with Crippen LogP contribution >= 0.6 is 0 Å². The zero-order valence-corrected chi connectivity index (χ0v) is 9.14. The molecular formula is C14H13O2. The van der Waals surface area contributed by atoms with Gasteiger partial charge in [0.2, 0.25) is 0 Å². The first-order valence-electron chi connectivity index (χ1n) is 5.26. The van der Waals surface area contributed by atoms with Crippen molar-refractivity contribution in [2.24, 2.45) is 0 Å². The van der Waals surface area contributed by atoms with Crippen molar-refractivity contribution in [3.05, 3.63) is 54.6 Å². The number of hydrogen-bond acceptors (Lipinski definition) is 2. The van der Waals surface area contributed by atoms with Crippen LogP contribution in [0.4, 0.5) is 0 Å². The molecule has 0 fully saturated rings. The highest BCUT2D eigenvalue weighted by atomic mass is 16.5. The third-order valence-electron chi connectivity index (χ3n) is 2.06. The van der Waals surface area contributed by atoms with E-state index in [9.17, 15) is 0 Å². The van der Waals surface area contributed by atoms with Gasteiger partial charge in [-0.2, -0.15) is 0 Å². The van der Waals surface area contributed by atoms with Crippen molar-refractivity contribution in [3.63, 3.8) is 0 Å². The van der Waals surface area contributed by atoms with Crippen LogP contribution in [0.1, 0.15) is 6.92 Å². The predicted octanol–water partition coefficient (Wildman–Crippen LogP) is 3.68. The summed E-state index contributed by atoms with van der Waals surface area (Å²) >= 11 is 0. The maximum Gasteiger partial charge on any atom is 0.169 e. The number of benzene rings is 2. The summed E-state index contributed by atoms with van der Waals surface area (Å²) in [6.45, 7) is 2.58. The molecule has 1 radical (unpaired) electrons. The van der Waals surface area contributed by atoms with E-state index in [0.717, 1.165) is 17.2 Å². The maximum absolute atomic E-state index is 5.71. The molecule has 2 aromatic carbocycles. The molecule has 2 nitrogen and oxygen atoms in total. The summed E-state index contributed by atoms with van der Waals surface area (Å²) < 4.78 is 11.2. The van der Waals surface area contributed by atoms with E-state index in [1.165, 1.54) is 0 Å². The third-order valence-corrected chi connectivity index (χ3v) is 2.06. The maximum atomic E-state index is 5.71. The molecule has 0 atom stereocenters. The monoisotopic (exact) mass is 213 g/mol. The number of rotatable bonds is 4. The molecule has 0 bridgehead atoms. The summed E-state index contributed by atoms with van der Waals surface area (Å²) in [5.74, 6) is 2.24. The van der Waals surface area contributed by atoms with Crippen LogP contribution < -0.4 is 9.47 Å². The number of para-hydroxylation sites is 2. The molecule has 0 saturated carbocycles. The average Bonchev–Trinajstić information content (AvgIpc) is 2.33. The SMILES string of the molecule is CCOc1ccccc1Oc1c[c]ccc1. The van der Waals surface area contributed by atoms with Crippen LogP contribution in [0.2, 0.25) is 0 Å². The summed E-state index contributed by atoms with van der Waals surface area (Å²) in [5, 5.41) is 0. The summed E-state index contributed by atoms with van der Waals surface area (Å²) in [6, 6.07) is 18.0. The van der Waals surface area contributed by atoms with Crippen LogP contribution in [0.5, 0.6) is 17.2 Å². The lowest BCUT2D eigenvalue weighted by Crippen LogP contribution is -1.94. The Balaban J connectivity index is 2.21. The predicted molar refractivity (Wildman–Crippen MR) is 63.0 cm³/mol. The van der Waals surface area contributed by atoms with E-state index < -0.39 is 0 Å². The molecule has 2 aromatic rings. The molecule has 2 heteroatoms. The zero-order chi connectivity index (χ0) is 11.2. The van der Waals surface area contributed by atoms with E-state index in [0.29, 0.717) is 6.61 Å². The topological polar surface area (TPSA) is 18.5 Å². The van der Waals surface area contributed by atoms with Gasteiger partial charge in [0.1, 0.15) is 5.75 Å². The van der Waals surface area contributed by atoms with Gasteiger partial charge in [-0.05, 0) is 37.3 Å². The number of ether oxygens (including phenoxy) is 2. The Hall–Kier alpha value is -1.96. The third kappa shape index (κ3) is 2.54. The Morgan fingerprint density at radius 3 is 2.56 bits per heavy atom. The highest BCUT2D eigenvalue weighted by Crippen LogP contribution is 2.30. The average molecular weight is 213 g/mol. The first-order valence-corrected chi connectivity index (χ1v) is 5.26. The molecule has 0 heterocycles. The molecule has 0 amide bonds. The van der Waals surface area contributed by atoms with E-state index in [-0.39, 0.29) is 0 Å². The van der Waals surface area contributed by atoms with Crippen molar-refractivity contribution >= 4 is 0 Å². The number of hydrogen-bond donors (Lipinski definition) is 0. The fourth-order valence-corrected chi connectivity index (χ4v) is 1.38. The molecule has 0 unspecified atom stereocenters. The molecule has 0 aromatic heterocycles. The van der Waals surface area contributed by atoms with Crippen molar-refractivity contribution in [2.75, 3.05) is 6.61 Å². The molecule has 0 aliphatic carbocycles. The van der Waals surface area contributed by atoms with Gasteiger partial charge in [0, 0.05) is 0 Å². The van der Waals surface area contributed by atoms with Crippen molar-refractivity contribution in [1.29, 1.82) is 0 Å². The van der Waals surface area contributed by atoms with Gasteiger partial charge in [-0.1, -0.05) is 24.3 Å². The Morgan fingerprint density at radius 1 is 1.06 bits per heavy atom. The van der Waals surface area contributed by atoms with Gasteiger partial charge in [0.25, 0.3) is 0 Å². The van der Waals surface area contributed by atoms with Crippen molar-refractivity contribution in [2.45, 2.75) is 6.92 Å². The quantitative estimate of drug-likeness (QED) is 0.771. The summed E-state index contributed by atoms with van der Waals surface area (Å²) in [6.07, 6.45) is 0. The fraction of sp³-hybridized carbons (Fsp3) is 0.143. The van der Waals surface area contributed by atoms with Gasteiger partial charge in [0.05, 0.1) is 6.61 Å². The van der Waals surface area contributed by atoms with Gasteiger partial charge >= 0.3 is 0 Å². The minimum absolute atomic E-state index is 0.626. The van der Waals surface area contributed by atoms with Crippen molar-refractivity contribution in [3.8, 4) is 17.2 Å². The van der Waals surface area contributed by atoms with Crippen molar-refractivity contribution < 1.29 is 9.47 Å². The molecule has 16 heavy (non-hydrogen) atoms. The summed E-state index contributed by atoms with van der Waals surface area (Å²) in [7, 11) is 0. The zero-order valence-electron chi connectivity index (χ0n) is 9.14. The molecule has 0 saturated heterocycles. The molecule has 2 rings (SSSR count). The second-order valence-electron chi connectivity index (χ2n) is 3.22. The molecule has 0 N–H and O–H groups in total. The minimum atomic E-state index is 0.626. The van der Waals surface area contributed by atoms with Crippen LogP contribution in [0.15, 0.2) is 48.5 Å². The summed E-state index contributed by atoms with van der Waals surface area (Å²) in [4.78, 5) is 0. The van der Waals surface area contributed by atoms with Crippen LogP contribution in [0.25, 0.3) is 0 Å². The van der Waals surface area contributed by atoms with Crippen LogP contribution in [-0.2, 0) is 0 Å². The van der Waals surface area contributed by atoms with Gasteiger partial charge in [-0.15, -0.1) is 0 Å². The fourth-order valence-electron chi connectivity index (χ4n) is 1.38. The van der Waals surface area contributed by atoms with E-state index >= 15 is 0 Å². The summed E-state index contributed by atoms with van der Waals surface area (Å²) in [5.41, 5.74) is 0. The minimum Gasteiger partial charge on any atom is -0.490 e. The smallest absolute Gasteiger partial charge is 0.169 e. The Bertz CT molecular complexity index is 437. The molecule has 0 aliphatic rings. The molecule has 81 valence electrons. The molecule has 0 spiro atoms.